The Balaban J connectivity index is 1.42. The second kappa shape index (κ2) is 8.77. The molecule has 4 aromatic heterocycles. The van der Waals surface area contributed by atoms with Gasteiger partial charge in [0.05, 0.1) is 24.9 Å². The van der Waals surface area contributed by atoms with Crippen molar-refractivity contribution < 1.29 is 9.53 Å². The van der Waals surface area contributed by atoms with Crippen LogP contribution in [0.15, 0.2) is 63.2 Å². The molecule has 0 aliphatic carbocycles. The first kappa shape index (κ1) is 20.7. The van der Waals surface area contributed by atoms with Crippen LogP contribution in [-0.4, -0.2) is 37.9 Å². The number of hydrogen-bond acceptors (Lipinski definition) is 8. The maximum Gasteiger partial charge on any atom is 0.273 e. The minimum absolute atomic E-state index is 0.0860. The van der Waals surface area contributed by atoms with Gasteiger partial charge < -0.3 is 10.1 Å². The molecule has 0 unspecified atom stereocenters. The molecule has 1 amide bonds. The van der Waals surface area contributed by atoms with Crippen molar-refractivity contribution in [3.8, 4) is 5.75 Å². The van der Waals surface area contributed by atoms with Crippen molar-refractivity contribution in [3.05, 3.63) is 68.5 Å². The summed E-state index contributed by atoms with van der Waals surface area (Å²) >= 11 is 4.26. The molecule has 1 N–H and O–H groups in total. The topological polar surface area (TPSA) is 90.5 Å². The molecule has 0 saturated heterocycles. The van der Waals surface area contributed by atoms with Gasteiger partial charge >= 0.3 is 0 Å². The number of anilines is 1. The van der Waals surface area contributed by atoms with Crippen LogP contribution in [0.3, 0.4) is 0 Å². The fourth-order valence-corrected chi connectivity index (χ4v) is 5.55. The molecule has 32 heavy (non-hydrogen) atoms. The van der Waals surface area contributed by atoms with Crippen molar-refractivity contribution >= 4 is 62.0 Å². The summed E-state index contributed by atoms with van der Waals surface area (Å²) in [4.78, 5) is 26.6. The fourth-order valence-electron chi connectivity index (χ4n) is 3.30. The summed E-state index contributed by atoms with van der Waals surface area (Å²) in [7, 11) is 1.59. The van der Waals surface area contributed by atoms with Crippen LogP contribution in [0.5, 0.6) is 5.75 Å². The first-order valence-corrected chi connectivity index (χ1v) is 12.3. The van der Waals surface area contributed by atoms with E-state index in [-0.39, 0.29) is 17.2 Å². The van der Waals surface area contributed by atoms with Gasteiger partial charge in [-0.3, -0.25) is 18.6 Å². The zero-order valence-corrected chi connectivity index (χ0v) is 19.3. The molecule has 162 valence electrons. The molecular weight excluding hydrogens is 466 g/mol. The Morgan fingerprint density at radius 2 is 1.97 bits per heavy atom. The predicted molar refractivity (Wildman–Crippen MR) is 128 cm³/mol. The molecule has 0 spiro atoms. The lowest BCUT2D eigenvalue weighted by atomic mass is 10.3. The molecule has 11 heteroatoms. The Bertz CT molecular complexity index is 1450. The minimum Gasteiger partial charge on any atom is -0.497 e. The quantitative estimate of drug-likeness (QED) is 0.353. The highest BCUT2D eigenvalue weighted by Crippen LogP contribution is 2.25. The van der Waals surface area contributed by atoms with Crippen LogP contribution in [0, 0.1) is 0 Å². The lowest BCUT2D eigenvalue weighted by Crippen LogP contribution is -2.22. The zero-order valence-electron chi connectivity index (χ0n) is 16.8. The third kappa shape index (κ3) is 3.90. The van der Waals surface area contributed by atoms with E-state index in [9.17, 15) is 9.59 Å². The van der Waals surface area contributed by atoms with Crippen LogP contribution in [0.1, 0.15) is 4.88 Å². The Labute approximate surface area is 194 Å². The number of thiophene rings is 2. The SMILES string of the molecule is COc1ccc(NC(=O)CSc2nnc3n(Cc4cccs4)c(=O)c4sccc4n23)cc1. The number of benzene rings is 1. The van der Waals surface area contributed by atoms with Crippen LogP contribution < -0.4 is 15.6 Å². The summed E-state index contributed by atoms with van der Waals surface area (Å²) in [6.45, 7) is 0.425. The Hall–Kier alpha value is -3.15. The van der Waals surface area contributed by atoms with E-state index in [0.717, 1.165) is 16.1 Å². The summed E-state index contributed by atoms with van der Waals surface area (Å²) in [6, 6.07) is 13.0. The number of hydrogen-bond donors (Lipinski definition) is 1. The van der Waals surface area contributed by atoms with Crippen LogP contribution in [0.2, 0.25) is 0 Å². The van der Waals surface area contributed by atoms with Crippen molar-refractivity contribution in [2.45, 2.75) is 11.7 Å². The first-order chi connectivity index (χ1) is 15.6. The standard InChI is InChI=1S/C21H17N5O3S3/c1-29-14-6-4-13(5-7-14)22-17(27)12-32-21-24-23-20-25(11-15-3-2-9-30-15)19(28)18-16(26(20)21)8-10-31-18/h2-10H,11-12H2,1H3,(H,22,27). The number of rotatable bonds is 7. The molecule has 0 radical (unpaired) electrons. The number of fused-ring (bicyclic) bond motifs is 3. The zero-order chi connectivity index (χ0) is 22.1. The van der Waals surface area contributed by atoms with E-state index in [1.54, 1.807) is 47.3 Å². The van der Waals surface area contributed by atoms with Crippen LogP contribution >= 0.6 is 34.4 Å². The van der Waals surface area contributed by atoms with E-state index in [4.69, 9.17) is 4.74 Å². The number of nitrogens with zero attached hydrogens (tertiary/aromatic N) is 4. The van der Waals surface area contributed by atoms with Crippen LogP contribution in [-0.2, 0) is 11.3 Å². The molecule has 0 saturated carbocycles. The van der Waals surface area contributed by atoms with Crippen molar-refractivity contribution in [1.82, 2.24) is 19.2 Å². The van der Waals surface area contributed by atoms with Crippen molar-refractivity contribution in [1.29, 1.82) is 0 Å². The molecule has 5 aromatic rings. The Kier molecular flexibility index (Phi) is 5.68. The van der Waals surface area contributed by atoms with Gasteiger partial charge in [-0.25, -0.2) is 0 Å². The molecule has 0 aliphatic heterocycles. The minimum atomic E-state index is -0.162. The monoisotopic (exact) mass is 483 g/mol. The summed E-state index contributed by atoms with van der Waals surface area (Å²) in [5, 5.41) is 15.9. The Morgan fingerprint density at radius 1 is 1.12 bits per heavy atom. The van der Waals surface area contributed by atoms with Gasteiger partial charge in [0, 0.05) is 10.6 Å². The molecule has 1 aromatic carbocycles. The van der Waals surface area contributed by atoms with Gasteiger partial charge in [-0.15, -0.1) is 32.9 Å². The number of ether oxygens (including phenoxy) is 1. The summed E-state index contributed by atoms with van der Waals surface area (Å²) < 4.78 is 9.26. The first-order valence-electron chi connectivity index (χ1n) is 9.58. The molecule has 4 heterocycles. The highest BCUT2D eigenvalue weighted by Gasteiger charge is 2.19. The molecule has 0 bridgehead atoms. The van der Waals surface area contributed by atoms with E-state index in [1.165, 1.54) is 23.1 Å². The largest absolute Gasteiger partial charge is 0.497 e. The van der Waals surface area contributed by atoms with Gasteiger partial charge in [-0.1, -0.05) is 17.8 Å². The number of aromatic nitrogens is 4. The number of carbonyl (C=O) groups excluding carboxylic acids is 1. The number of methoxy groups -OCH3 is 1. The molecular formula is C21H17N5O3S3. The van der Waals surface area contributed by atoms with Crippen LogP contribution in [0.25, 0.3) is 16.0 Å². The second-order valence-corrected chi connectivity index (χ2v) is 9.68. The maximum absolute atomic E-state index is 13.1. The van der Waals surface area contributed by atoms with Crippen molar-refractivity contribution in [3.63, 3.8) is 0 Å². The van der Waals surface area contributed by atoms with Crippen LogP contribution in [0.4, 0.5) is 5.69 Å². The van der Waals surface area contributed by atoms with E-state index < -0.39 is 0 Å². The van der Waals surface area contributed by atoms with Crippen molar-refractivity contribution in [2.75, 3.05) is 18.2 Å². The van der Waals surface area contributed by atoms with Crippen molar-refractivity contribution in [2.24, 2.45) is 0 Å². The number of thioether (sulfide) groups is 1. The molecule has 0 atom stereocenters. The van der Waals surface area contributed by atoms with E-state index in [2.05, 4.69) is 15.5 Å². The van der Waals surface area contributed by atoms with Gasteiger partial charge in [0.1, 0.15) is 10.4 Å². The molecule has 8 nitrogen and oxygen atoms in total. The maximum atomic E-state index is 13.1. The summed E-state index contributed by atoms with van der Waals surface area (Å²) in [6.07, 6.45) is 0. The highest BCUT2D eigenvalue weighted by molar-refractivity contribution is 7.99. The normalized spacial score (nSPS) is 11.3. The number of carbonyl (C=O) groups is 1. The third-order valence-electron chi connectivity index (χ3n) is 4.78. The van der Waals surface area contributed by atoms with E-state index in [1.807, 2.05) is 33.4 Å². The third-order valence-corrected chi connectivity index (χ3v) is 7.46. The lowest BCUT2D eigenvalue weighted by molar-refractivity contribution is -0.113. The highest BCUT2D eigenvalue weighted by atomic mass is 32.2. The predicted octanol–water partition coefficient (Wildman–Crippen LogP) is 3.95. The average Bonchev–Trinajstić information content (AvgIpc) is 3.56. The molecule has 5 rings (SSSR count). The van der Waals surface area contributed by atoms with Gasteiger partial charge in [0.2, 0.25) is 11.7 Å². The second-order valence-electron chi connectivity index (χ2n) is 6.79. The van der Waals surface area contributed by atoms with E-state index >= 15 is 0 Å². The average molecular weight is 484 g/mol. The van der Waals surface area contributed by atoms with Gasteiger partial charge in [0.15, 0.2) is 5.16 Å². The van der Waals surface area contributed by atoms with Gasteiger partial charge in [0.25, 0.3) is 5.56 Å². The fraction of sp³-hybridized carbons (Fsp3) is 0.143. The van der Waals surface area contributed by atoms with Gasteiger partial charge in [-0.2, -0.15) is 0 Å². The number of nitrogens with one attached hydrogen (secondary N) is 1. The lowest BCUT2D eigenvalue weighted by Gasteiger charge is -2.09. The smallest absolute Gasteiger partial charge is 0.273 e. The molecule has 0 aliphatic rings. The number of amides is 1. The summed E-state index contributed by atoms with van der Waals surface area (Å²) in [5.74, 6) is 1.18. The van der Waals surface area contributed by atoms with E-state index in [0.29, 0.717) is 27.9 Å². The molecule has 0 fully saturated rings. The van der Waals surface area contributed by atoms with Gasteiger partial charge in [-0.05, 0) is 47.2 Å². The summed E-state index contributed by atoms with van der Waals surface area (Å²) in [5.41, 5.74) is 1.35. The Morgan fingerprint density at radius 3 is 2.72 bits per heavy atom.